The van der Waals surface area contributed by atoms with Gasteiger partial charge in [0.1, 0.15) is 0 Å². The molecule has 0 radical (unpaired) electrons. The van der Waals surface area contributed by atoms with E-state index in [1.165, 1.54) is 11.8 Å². The quantitative estimate of drug-likeness (QED) is 0.675. The largest absolute Gasteiger partial charge is 0.272 e. The Morgan fingerprint density at radius 2 is 1.95 bits per heavy atom. The molecule has 108 valence electrons. The van der Waals surface area contributed by atoms with Crippen molar-refractivity contribution in [2.75, 3.05) is 0 Å². The average Bonchev–Trinajstić information content (AvgIpc) is 2.53. The molecule has 1 N–H and O–H groups in total. The van der Waals surface area contributed by atoms with Gasteiger partial charge in [0, 0.05) is 12.4 Å². The molecule has 0 aliphatic carbocycles. The molecular weight excluding hydrogens is 262 g/mol. The summed E-state index contributed by atoms with van der Waals surface area (Å²) in [5, 5.41) is 4.28. The molecule has 0 saturated carbocycles. The smallest absolute Gasteiger partial charge is 0.267 e. The molecule has 0 unspecified atom stereocenters. The molecule has 21 heavy (non-hydrogen) atoms. The van der Waals surface area contributed by atoms with Crippen LogP contribution in [0.2, 0.25) is 0 Å². The van der Waals surface area contributed by atoms with E-state index in [0.717, 1.165) is 24.1 Å². The van der Waals surface area contributed by atoms with Crippen molar-refractivity contribution < 1.29 is 4.79 Å². The number of carbonyl (C=O) groups excluding carboxylic acids is 1. The molecule has 0 spiro atoms. The Labute approximate surface area is 124 Å². The number of hydrogen-bond acceptors (Lipinski definition) is 3. The zero-order chi connectivity index (χ0) is 15.1. The number of pyridine rings is 1. The highest BCUT2D eigenvalue weighted by Gasteiger charge is 2.06. The molecule has 1 aromatic heterocycles. The summed E-state index contributed by atoms with van der Waals surface area (Å²) in [4.78, 5) is 15.9. The van der Waals surface area contributed by atoms with Crippen molar-refractivity contribution in [2.45, 2.75) is 26.7 Å². The highest BCUT2D eigenvalue weighted by Crippen LogP contribution is 2.08. The van der Waals surface area contributed by atoms with Gasteiger partial charge in [-0.2, -0.15) is 5.10 Å². The lowest BCUT2D eigenvalue weighted by Gasteiger charge is -2.07. The number of carbonyl (C=O) groups is 1. The van der Waals surface area contributed by atoms with Crippen molar-refractivity contribution in [3.05, 3.63) is 65.5 Å². The predicted molar refractivity (Wildman–Crippen MR) is 84.3 cm³/mol. The van der Waals surface area contributed by atoms with Crippen molar-refractivity contribution in [3.63, 3.8) is 0 Å². The second-order valence-corrected chi connectivity index (χ2v) is 4.86. The van der Waals surface area contributed by atoms with Gasteiger partial charge in [-0.25, -0.2) is 5.43 Å². The van der Waals surface area contributed by atoms with Crippen LogP contribution in [0.15, 0.2) is 53.9 Å². The number of benzene rings is 1. The topological polar surface area (TPSA) is 54.4 Å². The lowest BCUT2D eigenvalue weighted by Crippen LogP contribution is -2.20. The van der Waals surface area contributed by atoms with E-state index in [1.807, 2.05) is 31.2 Å². The van der Waals surface area contributed by atoms with Gasteiger partial charge in [-0.3, -0.25) is 9.78 Å². The van der Waals surface area contributed by atoms with Gasteiger partial charge in [-0.05, 0) is 31.0 Å². The summed E-state index contributed by atoms with van der Waals surface area (Å²) >= 11 is 0. The molecule has 1 heterocycles. The summed E-state index contributed by atoms with van der Waals surface area (Å²) in [6.07, 6.45) is 4.94. The second kappa shape index (κ2) is 7.33. The van der Waals surface area contributed by atoms with Gasteiger partial charge in [0.05, 0.1) is 11.3 Å². The maximum absolute atomic E-state index is 12.0. The van der Waals surface area contributed by atoms with Crippen LogP contribution >= 0.6 is 0 Å². The molecule has 0 saturated heterocycles. The number of amides is 1. The molecule has 4 nitrogen and oxygen atoms in total. The number of aromatic nitrogens is 1. The van der Waals surface area contributed by atoms with E-state index in [0.29, 0.717) is 5.56 Å². The lowest BCUT2D eigenvalue weighted by atomic mass is 10.0. The number of nitrogens with zero attached hydrogens (tertiary/aromatic N) is 2. The van der Waals surface area contributed by atoms with Crippen LogP contribution < -0.4 is 5.43 Å². The van der Waals surface area contributed by atoms with Gasteiger partial charge in [-0.15, -0.1) is 0 Å². The predicted octanol–water partition coefficient (Wildman–Crippen LogP) is 3.32. The summed E-state index contributed by atoms with van der Waals surface area (Å²) in [7, 11) is 0. The molecule has 0 aliphatic rings. The van der Waals surface area contributed by atoms with E-state index in [2.05, 4.69) is 22.4 Å². The van der Waals surface area contributed by atoms with Crippen LogP contribution in [0, 0.1) is 6.92 Å². The van der Waals surface area contributed by atoms with Crippen LogP contribution in [0.3, 0.4) is 0 Å². The monoisotopic (exact) mass is 281 g/mol. The highest BCUT2D eigenvalue weighted by atomic mass is 16.2. The van der Waals surface area contributed by atoms with Gasteiger partial charge in [0.25, 0.3) is 5.91 Å². The van der Waals surface area contributed by atoms with E-state index in [1.54, 1.807) is 18.3 Å². The Bertz CT molecular complexity index is 618. The Kier molecular flexibility index (Phi) is 5.21. The third-order valence-corrected chi connectivity index (χ3v) is 3.09. The zero-order valence-corrected chi connectivity index (χ0v) is 12.3. The van der Waals surface area contributed by atoms with Gasteiger partial charge < -0.3 is 0 Å². The van der Waals surface area contributed by atoms with Crippen molar-refractivity contribution >= 4 is 11.6 Å². The Morgan fingerprint density at radius 1 is 1.19 bits per heavy atom. The molecule has 0 bridgehead atoms. The number of aryl methyl sites for hydroxylation is 1. The van der Waals surface area contributed by atoms with Crippen LogP contribution in [-0.2, 0) is 0 Å². The minimum Gasteiger partial charge on any atom is -0.267 e. The van der Waals surface area contributed by atoms with Gasteiger partial charge in [0.15, 0.2) is 0 Å². The fourth-order valence-corrected chi connectivity index (χ4v) is 1.93. The molecular formula is C17H19N3O. The zero-order valence-electron chi connectivity index (χ0n) is 12.3. The van der Waals surface area contributed by atoms with Crippen molar-refractivity contribution in [2.24, 2.45) is 5.10 Å². The Hall–Kier alpha value is -2.49. The fourth-order valence-electron chi connectivity index (χ4n) is 1.93. The first kappa shape index (κ1) is 14.9. The average molecular weight is 281 g/mol. The van der Waals surface area contributed by atoms with E-state index in [-0.39, 0.29) is 5.91 Å². The van der Waals surface area contributed by atoms with Gasteiger partial charge >= 0.3 is 0 Å². The fraction of sp³-hybridized carbons (Fsp3) is 0.235. The first-order valence-electron chi connectivity index (χ1n) is 7.04. The molecule has 0 atom stereocenters. The van der Waals surface area contributed by atoms with E-state index >= 15 is 0 Å². The highest BCUT2D eigenvalue weighted by molar-refractivity contribution is 6.02. The number of nitrogens with one attached hydrogen (secondary N) is 1. The summed E-state index contributed by atoms with van der Waals surface area (Å²) in [5.41, 5.74) is 6.23. The standard InChI is InChI=1S/C17H19N3O/c1-3-5-16(14-9-7-13(2)8-10-14)19-20-17(21)15-6-4-11-18-12-15/h4,6-12H,3,5H2,1-2H3,(H,20,21)/b19-16+. The van der Waals surface area contributed by atoms with Crippen LogP contribution in [0.1, 0.15) is 41.3 Å². The Balaban J connectivity index is 2.14. The molecule has 4 heteroatoms. The second-order valence-electron chi connectivity index (χ2n) is 4.86. The van der Waals surface area contributed by atoms with E-state index in [4.69, 9.17) is 0 Å². The number of rotatable bonds is 5. The third kappa shape index (κ3) is 4.24. The van der Waals surface area contributed by atoms with Crippen LogP contribution in [0.4, 0.5) is 0 Å². The summed E-state index contributed by atoms with van der Waals surface area (Å²) in [5.74, 6) is -0.246. The molecule has 2 aromatic rings. The van der Waals surface area contributed by atoms with Crippen LogP contribution in [0.5, 0.6) is 0 Å². The SMILES string of the molecule is CCC/C(=N\NC(=O)c1cccnc1)c1ccc(C)cc1. The summed E-state index contributed by atoms with van der Waals surface area (Å²) in [6.45, 7) is 4.14. The number of hydrogen-bond donors (Lipinski definition) is 1. The van der Waals surface area contributed by atoms with Crippen molar-refractivity contribution in [1.29, 1.82) is 0 Å². The van der Waals surface area contributed by atoms with Crippen molar-refractivity contribution in [1.82, 2.24) is 10.4 Å². The maximum atomic E-state index is 12.0. The summed E-state index contributed by atoms with van der Waals surface area (Å²) in [6, 6.07) is 11.6. The molecule has 0 fully saturated rings. The molecule has 1 amide bonds. The summed E-state index contributed by atoms with van der Waals surface area (Å²) < 4.78 is 0. The minimum absolute atomic E-state index is 0.246. The van der Waals surface area contributed by atoms with Crippen LogP contribution in [0.25, 0.3) is 0 Å². The van der Waals surface area contributed by atoms with E-state index < -0.39 is 0 Å². The Morgan fingerprint density at radius 3 is 2.57 bits per heavy atom. The normalized spacial score (nSPS) is 11.2. The number of hydrazone groups is 1. The lowest BCUT2D eigenvalue weighted by molar-refractivity contribution is 0.0954. The van der Waals surface area contributed by atoms with Gasteiger partial charge in [0.2, 0.25) is 0 Å². The van der Waals surface area contributed by atoms with Crippen LogP contribution in [-0.4, -0.2) is 16.6 Å². The van der Waals surface area contributed by atoms with Gasteiger partial charge in [-0.1, -0.05) is 43.2 Å². The van der Waals surface area contributed by atoms with Crippen molar-refractivity contribution in [3.8, 4) is 0 Å². The minimum atomic E-state index is -0.246. The van der Waals surface area contributed by atoms with E-state index in [9.17, 15) is 4.79 Å². The third-order valence-electron chi connectivity index (χ3n) is 3.09. The molecule has 1 aromatic carbocycles. The molecule has 2 rings (SSSR count). The molecule has 0 aliphatic heterocycles. The first-order chi connectivity index (χ1) is 10.2. The maximum Gasteiger partial charge on any atom is 0.272 e. The first-order valence-corrected chi connectivity index (χ1v) is 7.04.